The van der Waals surface area contributed by atoms with Gasteiger partial charge in [0.15, 0.2) is 19.7 Å². The van der Waals surface area contributed by atoms with E-state index in [1.54, 1.807) is 23.6 Å². The molecule has 0 saturated heterocycles. The van der Waals surface area contributed by atoms with E-state index in [9.17, 15) is 16.8 Å². The van der Waals surface area contributed by atoms with E-state index in [-0.39, 0.29) is 15.6 Å². The molecule has 0 radical (unpaired) electrons. The highest BCUT2D eigenvalue weighted by Gasteiger charge is 2.22. The van der Waals surface area contributed by atoms with Gasteiger partial charge < -0.3 is 5.73 Å². The minimum Gasteiger partial charge on any atom is -0.326 e. The summed E-state index contributed by atoms with van der Waals surface area (Å²) in [5.74, 6) is -0.871. The molecule has 21 heavy (non-hydrogen) atoms. The normalized spacial score (nSPS) is 12.4. The summed E-state index contributed by atoms with van der Waals surface area (Å²) in [7, 11) is -7.21. The van der Waals surface area contributed by atoms with E-state index in [0.717, 1.165) is 11.3 Å². The summed E-state index contributed by atoms with van der Waals surface area (Å²) in [6.45, 7) is 0.233. The second kappa shape index (κ2) is 6.27. The third-order valence-corrected chi connectivity index (χ3v) is 8.09. The van der Waals surface area contributed by atoms with Crippen molar-refractivity contribution in [3.8, 4) is 0 Å². The van der Waals surface area contributed by atoms with Gasteiger partial charge in [-0.3, -0.25) is 0 Å². The topological polar surface area (TPSA) is 94.3 Å². The number of hydrogen-bond acceptors (Lipinski definition) is 6. The van der Waals surface area contributed by atoms with Gasteiger partial charge in [0, 0.05) is 6.54 Å². The van der Waals surface area contributed by atoms with Gasteiger partial charge in [0.05, 0.1) is 16.4 Å². The maximum Gasteiger partial charge on any atom is 0.188 e. The Morgan fingerprint density at radius 3 is 2.29 bits per heavy atom. The first kappa shape index (κ1) is 16.2. The molecule has 0 saturated carbocycles. The Bertz CT molecular complexity index is 809. The predicted octanol–water partition coefficient (Wildman–Crippen LogP) is 1.45. The quantitative estimate of drug-likeness (QED) is 0.855. The van der Waals surface area contributed by atoms with Crippen molar-refractivity contribution in [1.82, 2.24) is 0 Å². The lowest BCUT2D eigenvalue weighted by Gasteiger charge is -2.06. The minimum atomic E-state index is -3.65. The van der Waals surface area contributed by atoms with Crippen LogP contribution in [0.15, 0.2) is 50.9 Å². The highest BCUT2D eigenvalue weighted by molar-refractivity contribution is 7.96. The van der Waals surface area contributed by atoms with Crippen LogP contribution in [0.3, 0.4) is 0 Å². The van der Waals surface area contributed by atoms with Gasteiger partial charge in [-0.25, -0.2) is 16.8 Å². The Labute approximate surface area is 128 Å². The highest BCUT2D eigenvalue weighted by atomic mass is 32.2. The second-order valence-electron chi connectivity index (χ2n) is 4.42. The van der Waals surface area contributed by atoms with Crippen LogP contribution in [0.25, 0.3) is 0 Å². The van der Waals surface area contributed by atoms with Crippen molar-refractivity contribution in [2.75, 3.05) is 11.5 Å². The minimum absolute atomic E-state index is 0.104. The maximum atomic E-state index is 12.2. The van der Waals surface area contributed by atoms with E-state index in [1.165, 1.54) is 18.2 Å². The maximum absolute atomic E-state index is 12.2. The first-order chi connectivity index (χ1) is 9.85. The van der Waals surface area contributed by atoms with Crippen molar-refractivity contribution >= 4 is 31.0 Å². The molecule has 0 atom stereocenters. The zero-order chi connectivity index (χ0) is 15.5. The zero-order valence-corrected chi connectivity index (χ0v) is 13.5. The van der Waals surface area contributed by atoms with Crippen LogP contribution in [0.1, 0.15) is 5.56 Å². The van der Waals surface area contributed by atoms with E-state index in [0.29, 0.717) is 5.56 Å². The Morgan fingerprint density at radius 1 is 0.952 bits per heavy atom. The molecule has 114 valence electrons. The third-order valence-electron chi connectivity index (χ3n) is 2.92. The standard InChI is InChI=1S/C13H15NO4S3/c14-10-11-3-1-4-12(9-11)20(15,16)7-8-21(17,18)13-5-2-6-19-13/h1-6,9H,7-8,10,14H2. The summed E-state index contributed by atoms with van der Waals surface area (Å²) >= 11 is 1.08. The van der Waals surface area contributed by atoms with Crippen molar-refractivity contribution in [3.63, 3.8) is 0 Å². The molecular formula is C13H15NO4S3. The Hall–Kier alpha value is -1.22. The fourth-order valence-corrected chi connectivity index (χ4v) is 6.29. The number of sulfone groups is 2. The molecule has 0 fully saturated rings. The molecule has 2 rings (SSSR count). The molecule has 0 unspecified atom stereocenters. The molecule has 2 aromatic rings. The van der Waals surface area contributed by atoms with Crippen LogP contribution in [-0.2, 0) is 26.2 Å². The fourth-order valence-electron chi connectivity index (χ4n) is 1.74. The largest absolute Gasteiger partial charge is 0.326 e. The van der Waals surface area contributed by atoms with Gasteiger partial charge in [0.2, 0.25) is 0 Å². The van der Waals surface area contributed by atoms with Crippen molar-refractivity contribution < 1.29 is 16.8 Å². The van der Waals surface area contributed by atoms with Gasteiger partial charge in [0.1, 0.15) is 4.21 Å². The number of nitrogens with two attached hydrogens (primary N) is 1. The first-order valence-corrected chi connectivity index (χ1v) is 10.3. The molecule has 5 nitrogen and oxygen atoms in total. The molecule has 0 aliphatic rings. The van der Waals surface area contributed by atoms with Gasteiger partial charge in [-0.05, 0) is 29.1 Å². The van der Waals surface area contributed by atoms with E-state index in [1.807, 2.05) is 0 Å². The second-order valence-corrected chi connectivity index (χ2v) is 9.81. The molecular weight excluding hydrogens is 330 g/mol. The summed E-state index contributed by atoms with van der Waals surface area (Å²) in [6, 6.07) is 9.35. The summed E-state index contributed by atoms with van der Waals surface area (Å²) in [4.78, 5) is 0.104. The van der Waals surface area contributed by atoms with E-state index >= 15 is 0 Å². The number of hydrogen-bond donors (Lipinski definition) is 1. The third kappa shape index (κ3) is 3.91. The Kier molecular flexibility index (Phi) is 4.82. The summed E-state index contributed by atoms with van der Waals surface area (Å²) < 4.78 is 48.7. The smallest absolute Gasteiger partial charge is 0.188 e. The van der Waals surface area contributed by atoms with Crippen molar-refractivity contribution in [3.05, 3.63) is 47.3 Å². The van der Waals surface area contributed by atoms with Crippen molar-refractivity contribution in [2.45, 2.75) is 15.6 Å². The van der Waals surface area contributed by atoms with Crippen molar-refractivity contribution in [2.24, 2.45) is 5.73 Å². The molecule has 0 aliphatic carbocycles. The van der Waals surface area contributed by atoms with Gasteiger partial charge in [0.25, 0.3) is 0 Å². The summed E-state index contributed by atoms with van der Waals surface area (Å²) in [5, 5.41) is 1.64. The van der Waals surface area contributed by atoms with Crippen LogP contribution in [-0.4, -0.2) is 28.3 Å². The zero-order valence-electron chi connectivity index (χ0n) is 11.1. The van der Waals surface area contributed by atoms with E-state index < -0.39 is 31.2 Å². The van der Waals surface area contributed by atoms with Crippen LogP contribution in [0.5, 0.6) is 0 Å². The van der Waals surface area contributed by atoms with Crippen LogP contribution in [0, 0.1) is 0 Å². The lowest BCUT2D eigenvalue weighted by atomic mass is 10.2. The number of benzene rings is 1. The average Bonchev–Trinajstić information content (AvgIpc) is 3.01. The fraction of sp³-hybridized carbons (Fsp3) is 0.231. The summed E-state index contributed by atoms with van der Waals surface area (Å²) in [6.07, 6.45) is 0. The molecule has 1 heterocycles. The van der Waals surface area contributed by atoms with Crippen LogP contribution < -0.4 is 5.73 Å². The van der Waals surface area contributed by atoms with Crippen LogP contribution >= 0.6 is 11.3 Å². The molecule has 0 amide bonds. The first-order valence-electron chi connectivity index (χ1n) is 6.13. The van der Waals surface area contributed by atoms with Gasteiger partial charge >= 0.3 is 0 Å². The lowest BCUT2D eigenvalue weighted by molar-refractivity contribution is 0.588. The molecule has 1 aromatic carbocycles. The SMILES string of the molecule is NCc1cccc(S(=O)(=O)CCS(=O)(=O)c2cccs2)c1. The average molecular weight is 345 g/mol. The van der Waals surface area contributed by atoms with Gasteiger partial charge in [-0.2, -0.15) is 0 Å². The molecule has 1 aromatic heterocycles. The molecule has 2 N–H and O–H groups in total. The van der Waals surface area contributed by atoms with Gasteiger partial charge in [-0.15, -0.1) is 11.3 Å². The Morgan fingerprint density at radius 2 is 1.67 bits per heavy atom. The van der Waals surface area contributed by atoms with Gasteiger partial charge in [-0.1, -0.05) is 18.2 Å². The summed E-state index contributed by atoms with van der Waals surface area (Å²) in [5.41, 5.74) is 6.17. The van der Waals surface area contributed by atoms with Crippen LogP contribution in [0.2, 0.25) is 0 Å². The highest BCUT2D eigenvalue weighted by Crippen LogP contribution is 2.19. The van der Waals surface area contributed by atoms with Crippen molar-refractivity contribution in [1.29, 1.82) is 0 Å². The Balaban J connectivity index is 2.18. The lowest BCUT2D eigenvalue weighted by Crippen LogP contribution is -2.17. The molecule has 0 aliphatic heterocycles. The molecule has 0 spiro atoms. The van der Waals surface area contributed by atoms with E-state index in [2.05, 4.69) is 0 Å². The van der Waals surface area contributed by atoms with E-state index in [4.69, 9.17) is 5.73 Å². The molecule has 8 heteroatoms. The number of rotatable bonds is 6. The molecule has 0 bridgehead atoms. The number of thiophene rings is 1. The monoisotopic (exact) mass is 345 g/mol. The van der Waals surface area contributed by atoms with Crippen LogP contribution in [0.4, 0.5) is 0 Å². The predicted molar refractivity (Wildman–Crippen MR) is 82.8 cm³/mol.